The van der Waals surface area contributed by atoms with E-state index in [9.17, 15) is 13.2 Å². The fourth-order valence-electron chi connectivity index (χ4n) is 3.40. The third-order valence-corrected chi connectivity index (χ3v) is 7.27. The number of carbonyl (C=O) groups excluding carboxylic acids is 1. The zero-order valence-corrected chi connectivity index (χ0v) is 20.9. The van der Waals surface area contributed by atoms with Crippen LogP contribution in [0.2, 0.25) is 0 Å². The molecule has 2 aromatic carbocycles. The monoisotopic (exact) mass is 488 g/mol. The lowest BCUT2D eigenvalue weighted by atomic mass is 10.1. The summed E-state index contributed by atoms with van der Waals surface area (Å²) >= 11 is 0. The number of anilines is 1. The van der Waals surface area contributed by atoms with Crippen LogP contribution in [0.1, 0.15) is 25.0 Å². The Kier molecular flexibility index (Phi) is 8.71. The first-order valence-corrected chi connectivity index (χ1v) is 12.6. The van der Waals surface area contributed by atoms with Gasteiger partial charge in [-0.25, -0.2) is 8.42 Å². The molecule has 34 heavy (non-hydrogen) atoms. The molecule has 1 fully saturated rings. The van der Waals surface area contributed by atoms with Crippen LogP contribution in [0.3, 0.4) is 0 Å². The summed E-state index contributed by atoms with van der Waals surface area (Å²) in [5, 5.41) is 2.74. The summed E-state index contributed by atoms with van der Waals surface area (Å²) in [5.41, 5.74) is 1.79. The fourth-order valence-corrected chi connectivity index (χ4v) is 5.06. The van der Waals surface area contributed by atoms with Gasteiger partial charge < -0.3 is 19.5 Å². The number of nitrogens with zero attached hydrogens (tertiary/aromatic N) is 1. The van der Waals surface area contributed by atoms with Crippen molar-refractivity contribution in [3.8, 4) is 11.5 Å². The Bertz CT molecular complexity index is 1140. The number of amides is 1. The molecule has 0 atom stereocenters. The molecule has 1 N–H and O–H groups in total. The van der Waals surface area contributed by atoms with Crippen molar-refractivity contribution in [3.63, 3.8) is 0 Å². The van der Waals surface area contributed by atoms with Crippen molar-refractivity contribution >= 4 is 27.7 Å². The minimum Gasteiger partial charge on any atom is -0.493 e. The van der Waals surface area contributed by atoms with Gasteiger partial charge in [0.25, 0.3) is 0 Å². The molecule has 3 rings (SSSR count). The quantitative estimate of drug-likeness (QED) is 0.541. The topological polar surface area (TPSA) is 94.2 Å². The van der Waals surface area contributed by atoms with Crippen LogP contribution in [-0.2, 0) is 19.6 Å². The van der Waals surface area contributed by atoms with E-state index in [1.165, 1.54) is 16.4 Å². The van der Waals surface area contributed by atoms with Crippen LogP contribution in [-0.4, -0.2) is 58.7 Å². The smallest absolute Gasteiger partial charge is 0.248 e. The van der Waals surface area contributed by atoms with Gasteiger partial charge in [0.2, 0.25) is 15.9 Å². The molecule has 0 saturated carbocycles. The number of hydrogen-bond donors (Lipinski definition) is 1. The lowest BCUT2D eigenvalue weighted by molar-refractivity contribution is -0.111. The molecule has 9 heteroatoms. The van der Waals surface area contributed by atoms with Crippen LogP contribution in [0.4, 0.5) is 5.69 Å². The molecule has 0 aromatic heterocycles. The molecular weight excluding hydrogens is 456 g/mol. The lowest BCUT2D eigenvalue weighted by Crippen LogP contribution is -2.40. The minimum absolute atomic E-state index is 0.179. The van der Waals surface area contributed by atoms with Crippen LogP contribution in [0.15, 0.2) is 47.4 Å². The van der Waals surface area contributed by atoms with Gasteiger partial charge in [-0.3, -0.25) is 4.79 Å². The Hall–Kier alpha value is -2.88. The second-order valence-corrected chi connectivity index (χ2v) is 10.3. The molecule has 2 aromatic rings. The largest absolute Gasteiger partial charge is 0.493 e. The molecule has 1 aliphatic rings. The summed E-state index contributed by atoms with van der Waals surface area (Å²) in [6, 6.07) is 10.3. The molecule has 8 nitrogen and oxygen atoms in total. The molecule has 0 aliphatic carbocycles. The predicted octanol–water partition coefficient (Wildman–Crippen LogP) is 3.71. The molecule has 0 radical (unpaired) electrons. The first-order valence-electron chi connectivity index (χ1n) is 11.2. The molecule has 1 aliphatic heterocycles. The van der Waals surface area contributed by atoms with Gasteiger partial charge in [0.1, 0.15) is 0 Å². The molecule has 1 amide bonds. The van der Waals surface area contributed by atoms with E-state index in [2.05, 4.69) is 19.2 Å². The number of hydrogen-bond acceptors (Lipinski definition) is 6. The first-order chi connectivity index (χ1) is 16.2. The van der Waals surface area contributed by atoms with Crippen molar-refractivity contribution in [2.24, 2.45) is 5.92 Å². The number of methoxy groups -OCH3 is 1. The average Bonchev–Trinajstić information content (AvgIpc) is 2.83. The summed E-state index contributed by atoms with van der Waals surface area (Å²) in [4.78, 5) is 12.7. The zero-order valence-electron chi connectivity index (χ0n) is 20.0. The molecule has 1 saturated heterocycles. The number of carbonyl (C=O) groups is 1. The van der Waals surface area contributed by atoms with Crippen LogP contribution >= 0.6 is 0 Å². The van der Waals surface area contributed by atoms with E-state index in [0.29, 0.717) is 61.6 Å². The highest BCUT2D eigenvalue weighted by Crippen LogP contribution is 2.29. The molecular formula is C25H32N2O6S. The number of sulfonamides is 1. The molecule has 184 valence electrons. The Morgan fingerprint density at radius 2 is 1.88 bits per heavy atom. The summed E-state index contributed by atoms with van der Waals surface area (Å²) in [6.45, 7) is 7.81. The molecule has 0 unspecified atom stereocenters. The highest BCUT2D eigenvalue weighted by molar-refractivity contribution is 7.89. The van der Waals surface area contributed by atoms with Gasteiger partial charge in [0, 0.05) is 24.9 Å². The third kappa shape index (κ3) is 6.59. The Morgan fingerprint density at radius 1 is 1.15 bits per heavy atom. The second-order valence-electron chi connectivity index (χ2n) is 8.43. The predicted molar refractivity (Wildman–Crippen MR) is 132 cm³/mol. The SMILES string of the molecule is COc1cc(/C=C/C(=O)Nc2ccc(C)c(S(=O)(=O)N3CCOCC3)c2)ccc1OCC(C)C. The molecule has 0 spiro atoms. The minimum atomic E-state index is -3.67. The van der Waals surface area contributed by atoms with Gasteiger partial charge in [0.15, 0.2) is 11.5 Å². The van der Waals surface area contributed by atoms with Gasteiger partial charge in [0.05, 0.1) is 31.8 Å². The normalized spacial score (nSPS) is 15.0. The maximum Gasteiger partial charge on any atom is 0.248 e. The van der Waals surface area contributed by atoms with Crippen molar-refractivity contribution in [1.29, 1.82) is 0 Å². The van der Waals surface area contributed by atoms with Crippen LogP contribution in [0.5, 0.6) is 11.5 Å². The second kappa shape index (κ2) is 11.5. The van der Waals surface area contributed by atoms with E-state index in [1.54, 1.807) is 38.3 Å². The first kappa shape index (κ1) is 25.7. The highest BCUT2D eigenvalue weighted by Gasteiger charge is 2.28. The fraction of sp³-hybridized carbons (Fsp3) is 0.400. The Labute approximate surface area is 201 Å². The Balaban J connectivity index is 1.71. The maximum atomic E-state index is 13.1. The van der Waals surface area contributed by atoms with E-state index >= 15 is 0 Å². The van der Waals surface area contributed by atoms with E-state index < -0.39 is 10.0 Å². The molecule has 1 heterocycles. The summed E-state index contributed by atoms with van der Waals surface area (Å²) in [5.74, 6) is 1.24. The average molecular weight is 489 g/mol. The summed E-state index contributed by atoms with van der Waals surface area (Å²) in [6.07, 6.45) is 3.04. The standard InChI is InChI=1S/C25H32N2O6S/c1-18(2)17-33-22-9-6-20(15-23(22)31-4)7-10-25(28)26-21-8-5-19(3)24(16-21)34(29,30)27-11-13-32-14-12-27/h5-10,15-16,18H,11-14,17H2,1-4H3,(H,26,28)/b10-7+. The van der Waals surface area contributed by atoms with Crippen LogP contribution < -0.4 is 14.8 Å². The maximum absolute atomic E-state index is 13.1. The van der Waals surface area contributed by atoms with Gasteiger partial charge in [-0.05, 0) is 54.3 Å². The van der Waals surface area contributed by atoms with Crippen molar-refractivity contribution < 1.29 is 27.4 Å². The van der Waals surface area contributed by atoms with Gasteiger partial charge in [-0.1, -0.05) is 26.0 Å². The summed E-state index contributed by atoms with van der Waals surface area (Å²) in [7, 11) is -2.10. The van der Waals surface area contributed by atoms with E-state index in [1.807, 2.05) is 12.1 Å². The van der Waals surface area contributed by atoms with Crippen LogP contribution in [0.25, 0.3) is 6.08 Å². The third-order valence-electron chi connectivity index (χ3n) is 5.23. The van der Waals surface area contributed by atoms with Crippen LogP contribution in [0, 0.1) is 12.8 Å². The zero-order chi connectivity index (χ0) is 24.7. The van der Waals surface area contributed by atoms with Crippen molar-refractivity contribution in [1.82, 2.24) is 4.31 Å². The van der Waals surface area contributed by atoms with E-state index in [0.717, 1.165) is 5.56 Å². The van der Waals surface area contributed by atoms with Gasteiger partial charge in [-0.15, -0.1) is 0 Å². The summed E-state index contributed by atoms with van der Waals surface area (Å²) < 4.78 is 43.9. The number of nitrogens with one attached hydrogen (secondary N) is 1. The van der Waals surface area contributed by atoms with E-state index in [-0.39, 0.29) is 10.8 Å². The number of ether oxygens (including phenoxy) is 3. The number of benzene rings is 2. The van der Waals surface area contributed by atoms with Crippen molar-refractivity contribution in [2.45, 2.75) is 25.7 Å². The van der Waals surface area contributed by atoms with E-state index in [4.69, 9.17) is 14.2 Å². The molecule has 0 bridgehead atoms. The lowest BCUT2D eigenvalue weighted by Gasteiger charge is -2.26. The van der Waals surface area contributed by atoms with Gasteiger partial charge >= 0.3 is 0 Å². The highest BCUT2D eigenvalue weighted by atomic mass is 32.2. The number of rotatable bonds is 9. The van der Waals surface area contributed by atoms with Gasteiger partial charge in [-0.2, -0.15) is 4.31 Å². The van der Waals surface area contributed by atoms with Crippen molar-refractivity contribution in [2.75, 3.05) is 45.3 Å². The number of aryl methyl sites for hydroxylation is 1. The number of morpholine rings is 1. The Morgan fingerprint density at radius 3 is 2.56 bits per heavy atom. The van der Waals surface area contributed by atoms with Crippen molar-refractivity contribution in [3.05, 3.63) is 53.6 Å².